The average molecular weight is 329 g/mol. The Morgan fingerprint density at radius 3 is 2.79 bits per heavy atom. The number of carbonyl (C=O) groups excluding carboxylic acids is 1. The van der Waals surface area contributed by atoms with Crippen molar-refractivity contribution in [2.45, 2.75) is 50.9 Å². The SMILES string of the molecule is CCCc1cc(C(=O)NCC2(c3ccccc3F)CCCC2)n[nH]1. The number of nitrogens with one attached hydrogen (secondary N) is 2. The normalized spacial score (nSPS) is 16.2. The summed E-state index contributed by atoms with van der Waals surface area (Å²) < 4.78 is 14.3. The van der Waals surface area contributed by atoms with Gasteiger partial charge in [0.2, 0.25) is 0 Å². The summed E-state index contributed by atoms with van der Waals surface area (Å²) in [5.41, 5.74) is 1.78. The van der Waals surface area contributed by atoms with Crippen molar-refractivity contribution in [2.24, 2.45) is 0 Å². The van der Waals surface area contributed by atoms with Crippen LogP contribution in [-0.2, 0) is 11.8 Å². The predicted molar refractivity (Wildman–Crippen MR) is 91.5 cm³/mol. The van der Waals surface area contributed by atoms with Crippen molar-refractivity contribution in [1.29, 1.82) is 0 Å². The third kappa shape index (κ3) is 3.35. The molecule has 0 aliphatic heterocycles. The summed E-state index contributed by atoms with van der Waals surface area (Å²) in [7, 11) is 0. The number of benzene rings is 1. The molecule has 1 saturated carbocycles. The number of aryl methyl sites for hydroxylation is 1. The van der Waals surface area contributed by atoms with Gasteiger partial charge in [-0.25, -0.2) is 4.39 Å². The van der Waals surface area contributed by atoms with Crippen LogP contribution in [0.15, 0.2) is 30.3 Å². The van der Waals surface area contributed by atoms with E-state index in [2.05, 4.69) is 22.4 Å². The topological polar surface area (TPSA) is 57.8 Å². The monoisotopic (exact) mass is 329 g/mol. The Balaban J connectivity index is 1.72. The van der Waals surface area contributed by atoms with E-state index in [1.165, 1.54) is 6.07 Å². The standard InChI is InChI=1S/C19H24FN3O/c1-2-7-14-12-17(23-22-14)18(24)21-13-19(10-5-6-11-19)15-8-3-4-9-16(15)20/h3-4,8-9,12H,2,5-7,10-11,13H2,1H3,(H,21,24)(H,22,23). The fourth-order valence-corrected chi connectivity index (χ4v) is 3.70. The van der Waals surface area contributed by atoms with Crippen molar-refractivity contribution in [1.82, 2.24) is 15.5 Å². The summed E-state index contributed by atoms with van der Waals surface area (Å²) >= 11 is 0. The van der Waals surface area contributed by atoms with Gasteiger partial charge in [0.1, 0.15) is 11.5 Å². The van der Waals surface area contributed by atoms with Crippen LogP contribution in [0.2, 0.25) is 0 Å². The zero-order valence-corrected chi connectivity index (χ0v) is 14.1. The molecule has 0 saturated heterocycles. The maximum Gasteiger partial charge on any atom is 0.271 e. The summed E-state index contributed by atoms with van der Waals surface area (Å²) in [6, 6.07) is 8.72. The van der Waals surface area contributed by atoms with E-state index in [1.807, 2.05) is 12.1 Å². The number of amides is 1. The lowest BCUT2D eigenvalue weighted by atomic mass is 9.78. The molecule has 1 aliphatic carbocycles. The summed E-state index contributed by atoms with van der Waals surface area (Å²) in [5.74, 6) is -0.380. The molecule has 128 valence electrons. The molecular weight excluding hydrogens is 305 g/mol. The van der Waals surface area contributed by atoms with Crippen LogP contribution in [0.25, 0.3) is 0 Å². The summed E-state index contributed by atoms with van der Waals surface area (Å²) in [4.78, 5) is 12.4. The van der Waals surface area contributed by atoms with Crippen LogP contribution in [0.4, 0.5) is 4.39 Å². The zero-order chi connectivity index (χ0) is 17.0. The van der Waals surface area contributed by atoms with E-state index in [0.717, 1.165) is 49.8 Å². The van der Waals surface area contributed by atoms with Gasteiger partial charge in [-0.2, -0.15) is 5.10 Å². The minimum absolute atomic E-state index is 0.182. The van der Waals surface area contributed by atoms with Gasteiger partial charge >= 0.3 is 0 Å². The molecule has 1 aliphatic rings. The second-order valence-corrected chi connectivity index (χ2v) is 6.68. The van der Waals surface area contributed by atoms with Crippen molar-refractivity contribution in [3.05, 3.63) is 53.1 Å². The fourth-order valence-electron chi connectivity index (χ4n) is 3.70. The van der Waals surface area contributed by atoms with Crippen LogP contribution in [0.3, 0.4) is 0 Å². The number of aromatic nitrogens is 2. The van der Waals surface area contributed by atoms with Crippen LogP contribution < -0.4 is 5.32 Å². The molecule has 0 bridgehead atoms. The first-order valence-electron chi connectivity index (χ1n) is 8.72. The Hall–Kier alpha value is -2.17. The van der Waals surface area contributed by atoms with E-state index in [9.17, 15) is 9.18 Å². The quantitative estimate of drug-likeness (QED) is 0.848. The Morgan fingerprint density at radius 1 is 1.33 bits per heavy atom. The Labute approximate surface area is 141 Å². The van der Waals surface area contributed by atoms with Crippen molar-refractivity contribution >= 4 is 5.91 Å². The highest BCUT2D eigenvalue weighted by atomic mass is 19.1. The maximum atomic E-state index is 14.3. The first kappa shape index (κ1) is 16.7. The first-order chi connectivity index (χ1) is 11.6. The zero-order valence-electron chi connectivity index (χ0n) is 14.1. The summed E-state index contributed by atoms with van der Waals surface area (Å²) in [5, 5.41) is 9.95. The van der Waals surface area contributed by atoms with Crippen molar-refractivity contribution in [3.8, 4) is 0 Å². The Morgan fingerprint density at radius 2 is 2.08 bits per heavy atom. The molecule has 1 fully saturated rings. The number of hydrogen-bond acceptors (Lipinski definition) is 2. The van der Waals surface area contributed by atoms with E-state index in [4.69, 9.17) is 0 Å². The van der Waals surface area contributed by atoms with Gasteiger partial charge in [0, 0.05) is 17.7 Å². The van der Waals surface area contributed by atoms with Crippen LogP contribution in [-0.4, -0.2) is 22.6 Å². The molecule has 1 aromatic heterocycles. The highest BCUT2D eigenvalue weighted by molar-refractivity contribution is 5.92. The number of aromatic amines is 1. The van der Waals surface area contributed by atoms with Gasteiger partial charge in [-0.3, -0.25) is 9.89 Å². The molecule has 24 heavy (non-hydrogen) atoms. The summed E-state index contributed by atoms with van der Waals surface area (Å²) in [6.45, 7) is 2.53. The second-order valence-electron chi connectivity index (χ2n) is 6.68. The molecule has 4 nitrogen and oxygen atoms in total. The average Bonchev–Trinajstić information content (AvgIpc) is 3.24. The van der Waals surface area contributed by atoms with Gasteiger partial charge < -0.3 is 5.32 Å². The largest absolute Gasteiger partial charge is 0.350 e. The molecule has 1 aromatic carbocycles. The van der Waals surface area contributed by atoms with Gasteiger partial charge in [0.05, 0.1) is 0 Å². The second kappa shape index (κ2) is 7.16. The molecule has 0 atom stereocenters. The Kier molecular flexibility index (Phi) is 4.97. The number of halogens is 1. The van der Waals surface area contributed by atoms with Gasteiger partial charge in [-0.1, -0.05) is 44.4 Å². The van der Waals surface area contributed by atoms with E-state index < -0.39 is 0 Å². The van der Waals surface area contributed by atoms with Crippen molar-refractivity contribution < 1.29 is 9.18 Å². The van der Waals surface area contributed by atoms with E-state index >= 15 is 0 Å². The van der Waals surface area contributed by atoms with E-state index in [0.29, 0.717) is 12.2 Å². The molecular formula is C19H24FN3O. The lowest BCUT2D eigenvalue weighted by molar-refractivity contribution is 0.0937. The maximum absolute atomic E-state index is 14.3. The molecule has 1 heterocycles. The lowest BCUT2D eigenvalue weighted by Crippen LogP contribution is -2.39. The van der Waals surface area contributed by atoms with Crippen LogP contribution in [0.1, 0.15) is 60.8 Å². The Bertz CT molecular complexity index is 704. The number of hydrogen-bond donors (Lipinski definition) is 2. The van der Waals surface area contributed by atoms with E-state index in [1.54, 1.807) is 12.1 Å². The molecule has 3 rings (SSSR count). The summed E-state index contributed by atoms with van der Waals surface area (Å²) in [6.07, 6.45) is 5.80. The lowest BCUT2D eigenvalue weighted by Gasteiger charge is -2.30. The van der Waals surface area contributed by atoms with Crippen molar-refractivity contribution in [3.63, 3.8) is 0 Å². The first-order valence-corrected chi connectivity index (χ1v) is 8.72. The fraction of sp³-hybridized carbons (Fsp3) is 0.474. The number of nitrogens with zero attached hydrogens (tertiary/aromatic N) is 1. The van der Waals surface area contributed by atoms with Crippen LogP contribution in [0.5, 0.6) is 0 Å². The molecule has 0 unspecified atom stereocenters. The minimum Gasteiger partial charge on any atom is -0.350 e. The van der Waals surface area contributed by atoms with E-state index in [-0.39, 0.29) is 17.1 Å². The van der Waals surface area contributed by atoms with Gasteiger partial charge in [-0.05, 0) is 37.0 Å². The van der Waals surface area contributed by atoms with Gasteiger partial charge in [-0.15, -0.1) is 0 Å². The highest BCUT2D eigenvalue weighted by Gasteiger charge is 2.37. The molecule has 0 spiro atoms. The third-order valence-corrected chi connectivity index (χ3v) is 4.98. The molecule has 0 radical (unpaired) electrons. The van der Waals surface area contributed by atoms with Crippen LogP contribution in [0, 0.1) is 5.82 Å². The van der Waals surface area contributed by atoms with Crippen molar-refractivity contribution in [2.75, 3.05) is 6.54 Å². The minimum atomic E-state index is -0.302. The number of carbonyl (C=O) groups is 1. The van der Waals surface area contributed by atoms with Crippen LogP contribution >= 0.6 is 0 Å². The number of H-pyrrole nitrogens is 1. The third-order valence-electron chi connectivity index (χ3n) is 4.98. The molecule has 2 N–H and O–H groups in total. The smallest absolute Gasteiger partial charge is 0.271 e. The van der Waals surface area contributed by atoms with Gasteiger partial charge in [0.25, 0.3) is 5.91 Å². The molecule has 1 amide bonds. The number of rotatable bonds is 6. The molecule has 2 aromatic rings. The molecule has 5 heteroatoms. The predicted octanol–water partition coefficient (Wildman–Crippen LogP) is 3.74. The highest BCUT2D eigenvalue weighted by Crippen LogP contribution is 2.41. The van der Waals surface area contributed by atoms with Gasteiger partial charge in [0.15, 0.2) is 0 Å².